The van der Waals surface area contributed by atoms with E-state index in [0.29, 0.717) is 12.5 Å². The first-order valence-electron chi connectivity index (χ1n) is 6.03. The van der Waals surface area contributed by atoms with Crippen LogP contribution in [0.25, 0.3) is 0 Å². The monoisotopic (exact) mass is 330 g/mol. The summed E-state index contributed by atoms with van der Waals surface area (Å²) in [6, 6.07) is 0.836. The van der Waals surface area contributed by atoms with E-state index in [0.717, 1.165) is 38.2 Å². The van der Waals surface area contributed by atoms with Crippen molar-refractivity contribution in [1.29, 1.82) is 0 Å². The van der Waals surface area contributed by atoms with Gasteiger partial charge in [-0.25, -0.2) is 4.98 Å². The topological polar surface area (TPSA) is 34.1 Å². The number of rotatable bonds is 3. The SMILES string of the molecule is Cl.FC(F)(F)c1cnc(OCC2CCCNC2)c(Cl)c1. The molecule has 1 aromatic heterocycles. The van der Waals surface area contributed by atoms with Gasteiger partial charge in [-0.1, -0.05) is 11.6 Å². The van der Waals surface area contributed by atoms with E-state index in [1.807, 2.05) is 0 Å². The molecule has 0 bridgehead atoms. The normalized spacial score (nSPS) is 19.3. The van der Waals surface area contributed by atoms with Crippen molar-refractivity contribution in [3.8, 4) is 5.88 Å². The maximum atomic E-state index is 12.4. The number of ether oxygens (including phenoxy) is 1. The van der Waals surface area contributed by atoms with Gasteiger partial charge in [-0.3, -0.25) is 0 Å². The second-order valence-corrected chi connectivity index (χ2v) is 4.94. The van der Waals surface area contributed by atoms with Crippen LogP contribution in [0.3, 0.4) is 0 Å². The Kier molecular flexibility index (Phi) is 6.36. The minimum atomic E-state index is -4.44. The van der Waals surface area contributed by atoms with Crippen molar-refractivity contribution in [2.75, 3.05) is 19.7 Å². The van der Waals surface area contributed by atoms with Gasteiger partial charge in [0.05, 0.1) is 12.2 Å². The van der Waals surface area contributed by atoms with Gasteiger partial charge in [0.15, 0.2) is 0 Å². The molecule has 0 spiro atoms. The summed E-state index contributed by atoms with van der Waals surface area (Å²) in [6.07, 6.45) is -1.60. The molecule has 1 N–H and O–H groups in total. The molecule has 20 heavy (non-hydrogen) atoms. The van der Waals surface area contributed by atoms with Gasteiger partial charge in [-0.2, -0.15) is 13.2 Å². The maximum Gasteiger partial charge on any atom is 0.417 e. The first-order valence-corrected chi connectivity index (χ1v) is 6.41. The highest BCUT2D eigenvalue weighted by Crippen LogP contribution is 2.33. The van der Waals surface area contributed by atoms with Gasteiger partial charge in [-0.05, 0) is 25.5 Å². The van der Waals surface area contributed by atoms with Crippen LogP contribution >= 0.6 is 24.0 Å². The van der Waals surface area contributed by atoms with E-state index in [9.17, 15) is 13.2 Å². The third-order valence-corrected chi connectivity index (χ3v) is 3.26. The minimum Gasteiger partial charge on any atom is -0.476 e. The Bertz CT molecular complexity index is 437. The highest BCUT2D eigenvalue weighted by atomic mass is 35.5. The molecule has 1 aromatic rings. The summed E-state index contributed by atoms with van der Waals surface area (Å²) in [6.45, 7) is 2.25. The lowest BCUT2D eigenvalue weighted by Crippen LogP contribution is -2.33. The largest absolute Gasteiger partial charge is 0.476 e. The van der Waals surface area contributed by atoms with Crippen LogP contribution in [-0.4, -0.2) is 24.7 Å². The van der Waals surface area contributed by atoms with E-state index < -0.39 is 11.7 Å². The molecule has 0 radical (unpaired) electrons. The number of hydrogen-bond donors (Lipinski definition) is 1. The summed E-state index contributed by atoms with van der Waals surface area (Å²) in [7, 11) is 0. The second kappa shape index (κ2) is 7.33. The fourth-order valence-electron chi connectivity index (χ4n) is 1.95. The molecular weight excluding hydrogens is 316 g/mol. The van der Waals surface area contributed by atoms with Gasteiger partial charge in [0, 0.05) is 18.7 Å². The lowest BCUT2D eigenvalue weighted by molar-refractivity contribution is -0.137. The average molecular weight is 331 g/mol. The predicted molar refractivity (Wildman–Crippen MR) is 72.6 cm³/mol. The van der Waals surface area contributed by atoms with Gasteiger partial charge >= 0.3 is 6.18 Å². The number of halogens is 5. The number of nitrogens with zero attached hydrogens (tertiary/aromatic N) is 1. The highest BCUT2D eigenvalue weighted by Gasteiger charge is 2.31. The lowest BCUT2D eigenvalue weighted by atomic mass is 10.0. The van der Waals surface area contributed by atoms with Crippen LogP contribution in [0.1, 0.15) is 18.4 Å². The molecule has 1 unspecified atom stereocenters. The Morgan fingerprint density at radius 2 is 2.20 bits per heavy atom. The fourth-order valence-corrected chi connectivity index (χ4v) is 2.17. The highest BCUT2D eigenvalue weighted by molar-refractivity contribution is 6.31. The van der Waals surface area contributed by atoms with E-state index in [4.69, 9.17) is 16.3 Å². The van der Waals surface area contributed by atoms with E-state index in [1.54, 1.807) is 0 Å². The molecule has 1 aliphatic heterocycles. The third kappa shape index (κ3) is 4.68. The Morgan fingerprint density at radius 3 is 2.75 bits per heavy atom. The molecule has 1 aliphatic rings. The van der Waals surface area contributed by atoms with Crippen LogP contribution in [0, 0.1) is 5.92 Å². The van der Waals surface area contributed by atoms with Crippen molar-refractivity contribution in [2.45, 2.75) is 19.0 Å². The van der Waals surface area contributed by atoms with E-state index in [2.05, 4.69) is 10.3 Å². The zero-order valence-electron chi connectivity index (χ0n) is 10.5. The zero-order chi connectivity index (χ0) is 13.9. The summed E-state index contributed by atoms with van der Waals surface area (Å²) in [5, 5.41) is 3.12. The summed E-state index contributed by atoms with van der Waals surface area (Å²) in [5.41, 5.74) is -0.871. The number of nitrogens with one attached hydrogen (secondary N) is 1. The molecule has 2 rings (SSSR count). The van der Waals surface area contributed by atoms with Crippen molar-refractivity contribution in [1.82, 2.24) is 10.3 Å². The van der Waals surface area contributed by atoms with E-state index in [1.165, 1.54) is 0 Å². The van der Waals surface area contributed by atoms with E-state index >= 15 is 0 Å². The number of alkyl halides is 3. The molecule has 8 heteroatoms. The molecule has 2 heterocycles. The number of pyridine rings is 1. The van der Waals surface area contributed by atoms with Crippen LogP contribution < -0.4 is 10.1 Å². The van der Waals surface area contributed by atoms with Crippen molar-refractivity contribution in [3.05, 3.63) is 22.8 Å². The Labute approximate surface area is 126 Å². The molecule has 3 nitrogen and oxygen atoms in total. The van der Waals surface area contributed by atoms with Crippen molar-refractivity contribution in [3.63, 3.8) is 0 Å². The summed E-state index contributed by atoms with van der Waals surface area (Å²) in [4.78, 5) is 3.63. The summed E-state index contributed by atoms with van der Waals surface area (Å²) < 4.78 is 42.7. The van der Waals surface area contributed by atoms with E-state index in [-0.39, 0.29) is 23.3 Å². The van der Waals surface area contributed by atoms with Crippen molar-refractivity contribution in [2.24, 2.45) is 5.92 Å². The molecule has 0 saturated carbocycles. The fraction of sp³-hybridized carbons (Fsp3) is 0.583. The van der Waals surface area contributed by atoms with Gasteiger partial charge < -0.3 is 10.1 Å². The standard InChI is InChI=1S/C12H14ClF3N2O.ClH/c13-10-4-9(12(14,15)16)6-18-11(10)19-7-8-2-1-3-17-5-8;/h4,6,8,17H,1-3,5,7H2;1H. The number of aromatic nitrogens is 1. The van der Waals surface area contributed by atoms with Crippen molar-refractivity contribution >= 4 is 24.0 Å². The van der Waals surface area contributed by atoms with Crippen LogP contribution in [0.4, 0.5) is 13.2 Å². The van der Waals surface area contributed by atoms with Crippen LogP contribution in [0.2, 0.25) is 5.02 Å². The molecular formula is C12H15Cl2F3N2O. The van der Waals surface area contributed by atoms with Crippen LogP contribution in [0.15, 0.2) is 12.3 Å². The smallest absolute Gasteiger partial charge is 0.417 e. The number of hydrogen-bond acceptors (Lipinski definition) is 3. The quantitative estimate of drug-likeness (QED) is 0.920. The molecule has 0 aromatic carbocycles. The Balaban J connectivity index is 0.00000200. The molecule has 1 saturated heterocycles. The molecule has 0 amide bonds. The third-order valence-electron chi connectivity index (χ3n) is 2.99. The first-order chi connectivity index (χ1) is 8.97. The van der Waals surface area contributed by atoms with Crippen molar-refractivity contribution < 1.29 is 17.9 Å². The first kappa shape index (κ1) is 17.3. The average Bonchev–Trinajstić information content (AvgIpc) is 2.37. The molecule has 0 aliphatic carbocycles. The van der Waals surface area contributed by atoms with Gasteiger partial charge in [0.1, 0.15) is 5.02 Å². The predicted octanol–water partition coefficient (Wildman–Crippen LogP) is 3.55. The summed E-state index contributed by atoms with van der Waals surface area (Å²) in [5.74, 6) is 0.397. The molecule has 114 valence electrons. The van der Waals surface area contributed by atoms with Crippen LogP contribution in [-0.2, 0) is 6.18 Å². The minimum absolute atomic E-state index is 0. The lowest BCUT2D eigenvalue weighted by Gasteiger charge is -2.22. The Hall–Kier alpha value is -0.720. The number of piperidine rings is 1. The summed E-state index contributed by atoms with van der Waals surface area (Å²) >= 11 is 5.75. The Morgan fingerprint density at radius 1 is 1.45 bits per heavy atom. The molecule has 1 atom stereocenters. The van der Waals surface area contributed by atoms with Gasteiger partial charge in [-0.15, -0.1) is 12.4 Å². The van der Waals surface area contributed by atoms with Gasteiger partial charge in [0.2, 0.25) is 5.88 Å². The second-order valence-electron chi connectivity index (χ2n) is 4.53. The van der Waals surface area contributed by atoms with Crippen LogP contribution in [0.5, 0.6) is 5.88 Å². The maximum absolute atomic E-state index is 12.4. The molecule has 1 fully saturated rings. The van der Waals surface area contributed by atoms with Gasteiger partial charge in [0.25, 0.3) is 0 Å². The zero-order valence-corrected chi connectivity index (χ0v) is 12.1.